The Morgan fingerprint density at radius 2 is 2.00 bits per heavy atom. The highest BCUT2D eigenvalue weighted by Crippen LogP contribution is 2.17. The summed E-state index contributed by atoms with van der Waals surface area (Å²) < 4.78 is 0. The van der Waals surface area contributed by atoms with Crippen molar-refractivity contribution in [2.45, 2.75) is 31.3 Å². The SMILES string of the molecule is N#Cc1ccc(CN2CCC(NCC(CO)c3cccnc3)CC2)cc1. The number of rotatable bonds is 7. The summed E-state index contributed by atoms with van der Waals surface area (Å²) in [6.07, 6.45) is 5.82. The van der Waals surface area contributed by atoms with E-state index in [0.29, 0.717) is 11.6 Å². The molecule has 136 valence electrons. The van der Waals surface area contributed by atoms with Gasteiger partial charge in [0.15, 0.2) is 0 Å². The number of pyridine rings is 1. The largest absolute Gasteiger partial charge is 0.396 e. The van der Waals surface area contributed by atoms with Crippen LogP contribution in [0, 0.1) is 11.3 Å². The van der Waals surface area contributed by atoms with Gasteiger partial charge in [0, 0.05) is 37.4 Å². The summed E-state index contributed by atoms with van der Waals surface area (Å²) in [5.74, 6) is 0.0976. The molecule has 1 aliphatic heterocycles. The Labute approximate surface area is 155 Å². The Morgan fingerprint density at radius 1 is 1.23 bits per heavy atom. The number of aromatic nitrogens is 1. The molecule has 0 bridgehead atoms. The van der Waals surface area contributed by atoms with Crippen LogP contribution in [0.3, 0.4) is 0 Å². The van der Waals surface area contributed by atoms with Crippen LogP contribution in [-0.2, 0) is 6.54 Å². The van der Waals surface area contributed by atoms with Gasteiger partial charge in [0.2, 0.25) is 0 Å². The average molecular weight is 350 g/mol. The number of hydrogen-bond acceptors (Lipinski definition) is 5. The maximum absolute atomic E-state index is 9.66. The van der Waals surface area contributed by atoms with Gasteiger partial charge in [0.1, 0.15) is 0 Å². The van der Waals surface area contributed by atoms with Crippen LogP contribution >= 0.6 is 0 Å². The molecule has 2 aromatic rings. The number of nitrogens with one attached hydrogen (secondary N) is 1. The second kappa shape index (κ2) is 9.44. The van der Waals surface area contributed by atoms with Crippen molar-refractivity contribution in [2.75, 3.05) is 26.2 Å². The minimum Gasteiger partial charge on any atom is -0.396 e. The predicted octanol–water partition coefficient (Wildman–Crippen LogP) is 2.28. The molecule has 0 aliphatic carbocycles. The molecular formula is C21H26N4O. The zero-order chi connectivity index (χ0) is 18.2. The highest BCUT2D eigenvalue weighted by molar-refractivity contribution is 5.31. The lowest BCUT2D eigenvalue weighted by atomic mass is 9.99. The monoisotopic (exact) mass is 350 g/mol. The van der Waals surface area contributed by atoms with Gasteiger partial charge in [-0.15, -0.1) is 0 Å². The van der Waals surface area contributed by atoms with Gasteiger partial charge in [-0.05, 0) is 55.3 Å². The summed E-state index contributed by atoms with van der Waals surface area (Å²) in [5, 5.41) is 22.1. The standard InChI is InChI=1S/C21H26N4O/c22-12-17-3-5-18(6-4-17)15-25-10-7-21(8-11-25)24-14-20(16-26)19-2-1-9-23-13-19/h1-6,9,13,20-21,24,26H,7-8,10-11,14-16H2. The van der Waals surface area contributed by atoms with Crippen LogP contribution in [-0.4, -0.2) is 47.3 Å². The Balaban J connectivity index is 1.42. The van der Waals surface area contributed by atoms with E-state index in [1.165, 1.54) is 5.56 Å². The summed E-state index contributed by atoms with van der Waals surface area (Å²) in [5.41, 5.74) is 3.05. The molecule has 1 aliphatic rings. The lowest BCUT2D eigenvalue weighted by Gasteiger charge is -2.33. The van der Waals surface area contributed by atoms with Crippen molar-refractivity contribution < 1.29 is 5.11 Å². The van der Waals surface area contributed by atoms with Crippen molar-refractivity contribution in [1.29, 1.82) is 5.26 Å². The third kappa shape index (κ3) is 5.12. The summed E-state index contributed by atoms with van der Waals surface area (Å²) >= 11 is 0. The fraction of sp³-hybridized carbons (Fsp3) is 0.429. The number of aliphatic hydroxyl groups excluding tert-OH is 1. The topological polar surface area (TPSA) is 72.2 Å². The summed E-state index contributed by atoms with van der Waals surface area (Å²) in [6, 6.07) is 14.5. The number of likely N-dealkylation sites (tertiary alicyclic amines) is 1. The number of benzene rings is 1. The van der Waals surface area contributed by atoms with Crippen LogP contribution in [0.4, 0.5) is 0 Å². The number of nitriles is 1. The Kier molecular flexibility index (Phi) is 6.73. The van der Waals surface area contributed by atoms with E-state index in [2.05, 4.69) is 21.3 Å². The van der Waals surface area contributed by atoms with Gasteiger partial charge in [0.25, 0.3) is 0 Å². The number of nitrogens with zero attached hydrogens (tertiary/aromatic N) is 3. The van der Waals surface area contributed by atoms with Gasteiger partial charge in [0.05, 0.1) is 18.2 Å². The summed E-state index contributed by atoms with van der Waals surface area (Å²) in [6.45, 7) is 3.98. The highest BCUT2D eigenvalue weighted by atomic mass is 16.3. The van der Waals surface area contributed by atoms with Crippen LogP contribution in [0.15, 0.2) is 48.8 Å². The van der Waals surface area contributed by atoms with E-state index in [1.54, 1.807) is 6.20 Å². The molecule has 1 fully saturated rings. The minimum absolute atomic E-state index is 0.0976. The Hall–Kier alpha value is -2.26. The van der Waals surface area contributed by atoms with Crippen molar-refractivity contribution >= 4 is 0 Å². The molecule has 1 unspecified atom stereocenters. The maximum Gasteiger partial charge on any atom is 0.0991 e. The molecule has 1 aromatic heterocycles. The molecule has 2 heterocycles. The van der Waals surface area contributed by atoms with Gasteiger partial charge < -0.3 is 10.4 Å². The molecule has 2 N–H and O–H groups in total. The second-order valence-electron chi connectivity index (χ2n) is 6.93. The van der Waals surface area contributed by atoms with Gasteiger partial charge in [-0.2, -0.15) is 5.26 Å². The molecular weight excluding hydrogens is 324 g/mol. The van der Waals surface area contributed by atoms with E-state index in [-0.39, 0.29) is 12.5 Å². The predicted molar refractivity (Wildman–Crippen MR) is 102 cm³/mol. The number of piperidine rings is 1. The number of aliphatic hydroxyl groups is 1. The van der Waals surface area contributed by atoms with Crippen LogP contribution in [0.1, 0.15) is 35.4 Å². The molecule has 0 saturated carbocycles. The van der Waals surface area contributed by atoms with Crippen LogP contribution in [0.25, 0.3) is 0 Å². The second-order valence-corrected chi connectivity index (χ2v) is 6.93. The molecule has 0 radical (unpaired) electrons. The molecule has 1 aromatic carbocycles. The van der Waals surface area contributed by atoms with E-state index in [4.69, 9.17) is 5.26 Å². The zero-order valence-electron chi connectivity index (χ0n) is 15.0. The minimum atomic E-state index is 0.0976. The molecule has 3 rings (SSSR count). The first-order chi connectivity index (χ1) is 12.8. The average Bonchev–Trinajstić information content (AvgIpc) is 2.71. The molecule has 1 atom stereocenters. The molecule has 0 amide bonds. The van der Waals surface area contributed by atoms with Crippen molar-refractivity contribution in [3.8, 4) is 6.07 Å². The maximum atomic E-state index is 9.66. The highest BCUT2D eigenvalue weighted by Gasteiger charge is 2.20. The first-order valence-electron chi connectivity index (χ1n) is 9.24. The van der Waals surface area contributed by atoms with Gasteiger partial charge in [-0.1, -0.05) is 18.2 Å². The van der Waals surface area contributed by atoms with E-state index in [1.807, 2.05) is 42.6 Å². The zero-order valence-corrected chi connectivity index (χ0v) is 15.0. The molecule has 1 saturated heterocycles. The van der Waals surface area contributed by atoms with Crippen molar-refractivity contribution in [3.05, 3.63) is 65.5 Å². The first-order valence-corrected chi connectivity index (χ1v) is 9.24. The van der Waals surface area contributed by atoms with E-state index < -0.39 is 0 Å². The van der Waals surface area contributed by atoms with Crippen LogP contribution in [0.2, 0.25) is 0 Å². The molecule has 5 heteroatoms. The summed E-state index contributed by atoms with van der Waals surface area (Å²) in [7, 11) is 0. The Bertz CT molecular complexity index is 703. The smallest absolute Gasteiger partial charge is 0.0991 e. The van der Waals surface area contributed by atoms with Gasteiger partial charge in [-0.25, -0.2) is 0 Å². The van der Waals surface area contributed by atoms with E-state index in [0.717, 1.165) is 44.6 Å². The van der Waals surface area contributed by atoms with Gasteiger partial charge in [-0.3, -0.25) is 9.88 Å². The molecule has 5 nitrogen and oxygen atoms in total. The van der Waals surface area contributed by atoms with Crippen molar-refractivity contribution in [2.24, 2.45) is 0 Å². The first kappa shape index (κ1) is 18.5. The lowest BCUT2D eigenvalue weighted by molar-refractivity contribution is 0.185. The third-order valence-electron chi connectivity index (χ3n) is 5.11. The number of hydrogen-bond donors (Lipinski definition) is 2. The third-order valence-corrected chi connectivity index (χ3v) is 5.11. The fourth-order valence-corrected chi connectivity index (χ4v) is 3.45. The summed E-state index contributed by atoms with van der Waals surface area (Å²) in [4.78, 5) is 6.61. The van der Waals surface area contributed by atoms with Crippen LogP contribution < -0.4 is 5.32 Å². The lowest BCUT2D eigenvalue weighted by Crippen LogP contribution is -2.43. The molecule has 26 heavy (non-hydrogen) atoms. The quantitative estimate of drug-likeness (QED) is 0.802. The Morgan fingerprint density at radius 3 is 2.62 bits per heavy atom. The molecule has 0 spiro atoms. The van der Waals surface area contributed by atoms with E-state index >= 15 is 0 Å². The van der Waals surface area contributed by atoms with Crippen molar-refractivity contribution in [1.82, 2.24) is 15.2 Å². The van der Waals surface area contributed by atoms with E-state index in [9.17, 15) is 5.11 Å². The fourth-order valence-electron chi connectivity index (χ4n) is 3.45. The normalized spacial score (nSPS) is 16.9. The van der Waals surface area contributed by atoms with Crippen LogP contribution in [0.5, 0.6) is 0 Å². The van der Waals surface area contributed by atoms with Gasteiger partial charge >= 0.3 is 0 Å². The van der Waals surface area contributed by atoms with Crippen molar-refractivity contribution in [3.63, 3.8) is 0 Å².